The lowest BCUT2D eigenvalue weighted by atomic mass is 9.97. The van der Waals surface area contributed by atoms with Gasteiger partial charge in [0, 0.05) is 42.1 Å². The van der Waals surface area contributed by atoms with E-state index < -0.39 is 0 Å². The molecule has 7 heteroatoms. The lowest BCUT2D eigenvalue weighted by Crippen LogP contribution is -2.31. The highest BCUT2D eigenvalue weighted by atomic mass is 16.5. The predicted molar refractivity (Wildman–Crippen MR) is 75.8 cm³/mol. The van der Waals surface area contributed by atoms with Gasteiger partial charge in [-0.2, -0.15) is 10.2 Å². The molecular weight excluding hydrogens is 270 g/mol. The Balaban J connectivity index is 1.62. The van der Waals surface area contributed by atoms with Crippen molar-refractivity contribution in [3.05, 3.63) is 34.9 Å². The minimum atomic E-state index is -0.144. The number of nitrogens with one attached hydrogen (secondary N) is 3. The third kappa shape index (κ3) is 2.69. The molecule has 3 heterocycles. The molecule has 1 aliphatic rings. The molecule has 0 unspecified atom stereocenters. The number of aromatic amines is 2. The average molecular weight is 289 g/mol. The SMILES string of the molecule is Cc1[nH]nc(C(=O)NC[C@H]2CCO[C@@H]2c2cn[nH]c2)c1C. The van der Waals surface area contributed by atoms with Gasteiger partial charge in [-0.3, -0.25) is 15.0 Å². The standard InChI is InChI=1S/C14H19N5O2/c1-8-9(2)18-19-12(8)14(20)15-5-10-3-4-21-13(10)11-6-16-17-7-11/h6-7,10,13H,3-5H2,1-2H3,(H,15,20)(H,16,17)(H,18,19)/t10-,13+/m1/s1. The Morgan fingerprint density at radius 3 is 3.05 bits per heavy atom. The summed E-state index contributed by atoms with van der Waals surface area (Å²) in [5.74, 6) is 0.113. The highest BCUT2D eigenvalue weighted by molar-refractivity contribution is 5.93. The first kappa shape index (κ1) is 13.8. The molecule has 7 nitrogen and oxygen atoms in total. The maximum Gasteiger partial charge on any atom is 0.272 e. The average Bonchev–Trinajstić information content (AvgIpc) is 3.19. The second-order valence-electron chi connectivity index (χ2n) is 5.40. The Labute approximate surface area is 122 Å². The Kier molecular flexibility index (Phi) is 3.74. The molecule has 1 fully saturated rings. The van der Waals surface area contributed by atoms with Crippen molar-refractivity contribution in [2.45, 2.75) is 26.4 Å². The molecule has 2 aromatic heterocycles. The number of rotatable bonds is 4. The molecule has 1 saturated heterocycles. The van der Waals surface area contributed by atoms with E-state index >= 15 is 0 Å². The lowest BCUT2D eigenvalue weighted by Gasteiger charge is -2.17. The van der Waals surface area contributed by atoms with Gasteiger partial charge >= 0.3 is 0 Å². The third-order valence-electron chi connectivity index (χ3n) is 4.06. The fraction of sp³-hybridized carbons (Fsp3) is 0.500. The molecule has 2 aromatic rings. The maximum atomic E-state index is 12.2. The number of carbonyl (C=O) groups excluding carboxylic acids is 1. The number of ether oxygens (including phenoxy) is 1. The smallest absolute Gasteiger partial charge is 0.272 e. The van der Waals surface area contributed by atoms with Crippen LogP contribution in [0.5, 0.6) is 0 Å². The van der Waals surface area contributed by atoms with Crippen LogP contribution in [0.25, 0.3) is 0 Å². The maximum absolute atomic E-state index is 12.2. The first-order valence-corrected chi connectivity index (χ1v) is 7.07. The summed E-state index contributed by atoms with van der Waals surface area (Å²) in [7, 11) is 0. The van der Waals surface area contributed by atoms with Gasteiger partial charge < -0.3 is 10.1 Å². The van der Waals surface area contributed by atoms with Crippen LogP contribution in [0.1, 0.15) is 39.8 Å². The monoisotopic (exact) mass is 289 g/mol. The fourth-order valence-electron chi connectivity index (χ4n) is 2.64. The van der Waals surface area contributed by atoms with Crippen LogP contribution in [0.4, 0.5) is 0 Å². The summed E-state index contributed by atoms with van der Waals surface area (Å²) in [5, 5.41) is 16.6. The van der Waals surface area contributed by atoms with Crippen molar-refractivity contribution in [2.75, 3.05) is 13.2 Å². The summed E-state index contributed by atoms with van der Waals surface area (Å²) >= 11 is 0. The molecule has 2 atom stereocenters. The zero-order chi connectivity index (χ0) is 14.8. The summed E-state index contributed by atoms with van der Waals surface area (Å²) < 4.78 is 5.74. The van der Waals surface area contributed by atoms with Crippen molar-refractivity contribution in [3.63, 3.8) is 0 Å². The molecule has 0 radical (unpaired) electrons. The number of amides is 1. The molecule has 112 valence electrons. The quantitative estimate of drug-likeness (QED) is 0.789. The van der Waals surface area contributed by atoms with Crippen molar-refractivity contribution >= 4 is 5.91 Å². The van der Waals surface area contributed by atoms with E-state index in [1.165, 1.54) is 0 Å². The molecule has 0 bridgehead atoms. The van der Waals surface area contributed by atoms with Gasteiger partial charge in [-0.25, -0.2) is 0 Å². The van der Waals surface area contributed by atoms with Gasteiger partial charge in [-0.15, -0.1) is 0 Å². The van der Waals surface area contributed by atoms with Crippen molar-refractivity contribution in [3.8, 4) is 0 Å². The van der Waals surface area contributed by atoms with Crippen molar-refractivity contribution in [1.82, 2.24) is 25.7 Å². The number of hydrogen-bond acceptors (Lipinski definition) is 4. The zero-order valence-corrected chi connectivity index (χ0v) is 12.1. The van der Waals surface area contributed by atoms with Gasteiger partial charge in [0.05, 0.1) is 12.3 Å². The number of carbonyl (C=O) groups is 1. The molecule has 3 rings (SSSR count). The van der Waals surface area contributed by atoms with E-state index in [2.05, 4.69) is 25.7 Å². The summed E-state index contributed by atoms with van der Waals surface area (Å²) in [5.41, 5.74) is 3.30. The highest BCUT2D eigenvalue weighted by Gasteiger charge is 2.30. The Morgan fingerprint density at radius 2 is 2.38 bits per heavy atom. The number of H-pyrrole nitrogens is 2. The Bertz CT molecular complexity index is 619. The molecule has 0 spiro atoms. The van der Waals surface area contributed by atoms with Crippen LogP contribution in [0.2, 0.25) is 0 Å². The number of aromatic nitrogens is 4. The minimum absolute atomic E-state index is 0.00827. The first-order chi connectivity index (χ1) is 10.2. The van der Waals surface area contributed by atoms with Gasteiger partial charge in [-0.05, 0) is 20.3 Å². The largest absolute Gasteiger partial charge is 0.373 e. The number of nitrogens with zero attached hydrogens (tertiary/aromatic N) is 2. The summed E-state index contributed by atoms with van der Waals surface area (Å²) in [6, 6.07) is 0. The predicted octanol–water partition coefficient (Wildman–Crippen LogP) is 1.26. The summed E-state index contributed by atoms with van der Waals surface area (Å²) in [6.07, 6.45) is 4.53. The van der Waals surface area contributed by atoms with Crippen LogP contribution in [-0.4, -0.2) is 39.5 Å². The zero-order valence-electron chi connectivity index (χ0n) is 12.1. The van der Waals surface area contributed by atoms with Crippen LogP contribution in [-0.2, 0) is 4.74 Å². The van der Waals surface area contributed by atoms with Crippen molar-refractivity contribution in [2.24, 2.45) is 5.92 Å². The van der Waals surface area contributed by atoms with E-state index in [0.29, 0.717) is 18.8 Å². The topological polar surface area (TPSA) is 95.7 Å². The first-order valence-electron chi connectivity index (χ1n) is 7.07. The molecule has 0 aromatic carbocycles. The van der Waals surface area contributed by atoms with E-state index in [-0.39, 0.29) is 17.9 Å². The van der Waals surface area contributed by atoms with Gasteiger partial charge in [0.1, 0.15) is 0 Å². The van der Waals surface area contributed by atoms with Crippen LogP contribution in [0.15, 0.2) is 12.4 Å². The van der Waals surface area contributed by atoms with E-state index in [1.54, 1.807) is 6.20 Å². The molecule has 3 N–H and O–H groups in total. The molecule has 0 saturated carbocycles. The summed E-state index contributed by atoms with van der Waals surface area (Å²) in [6.45, 7) is 5.07. The van der Waals surface area contributed by atoms with Crippen molar-refractivity contribution < 1.29 is 9.53 Å². The second-order valence-corrected chi connectivity index (χ2v) is 5.40. The van der Waals surface area contributed by atoms with E-state index in [4.69, 9.17) is 4.74 Å². The van der Waals surface area contributed by atoms with Gasteiger partial charge in [0.2, 0.25) is 0 Å². The number of aryl methyl sites for hydroxylation is 1. The van der Waals surface area contributed by atoms with Crippen LogP contribution < -0.4 is 5.32 Å². The van der Waals surface area contributed by atoms with Crippen molar-refractivity contribution in [1.29, 1.82) is 0 Å². The molecule has 1 amide bonds. The highest BCUT2D eigenvalue weighted by Crippen LogP contribution is 2.33. The van der Waals surface area contributed by atoms with Crippen LogP contribution >= 0.6 is 0 Å². The Morgan fingerprint density at radius 1 is 1.52 bits per heavy atom. The van der Waals surface area contributed by atoms with Gasteiger partial charge in [0.25, 0.3) is 5.91 Å². The van der Waals surface area contributed by atoms with Gasteiger partial charge in [-0.1, -0.05) is 0 Å². The fourth-order valence-corrected chi connectivity index (χ4v) is 2.64. The molecule has 1 aliphatic heterocycles. The molecular formula is C14H19N5O2. The van der Waals surface area contributed by atoms with E-state index in [0.717, 1.165) is 23.2 Å². The normalized spacial score (nSPS) is 21.6. The van der Waals surface area contributed by atoms with E-state index in [1.807, 2.05) is 20.0 Å². The lowest BCUT2D eigenvalue weighted by molar-refractivity contribution is 0.0844. The Hall–Kier alpha value is -2.15. The summed E-state index contributed by atoms with van der Waals surface area (Å²) in [4.78, 5) is 12.2. The van der Waals surface area contributed by atoms with E-state index in [9.17, 15) is 4.79 Å². The van der Waals surface area contributed by atoms with Gasteiger partial charge in [0.15, 0.2) is 5.69 Å². The molecule has 0 aliphatic carbocycles. The third-order valence-corrected chi connectivity index (χ3v) is 4.06. The van der Waals surface area contributed by atoms with Crippen LogP contribution in [0.3, 0.4) is 0 Å². The molecule has 21 heavy (non-hydrogen) atoms. The van der Waals surface area contributed by atoms with Crippen LogP contribution in [0, 0.1) is 19.8 Å². The second kappa shape index (κ2) is 5.69. The minimum Gasteiger partial charge on any atom is -0.373 e. The number of hydrogen-bond donors (Lipinski definition) is 3.